The van der Waals surface area contributed by atoms with Gasteiger partial charge in [-0.1, -0.05) is 71.1 Å². The zero-order valence-corrected chi connectivity index (χ0v) is 45.8. The predicted octanol–water partition coefficient (Wildman–Crippen LogP) is 6.84. The summed E-state index contributed by atoms with van der Waals surface area (Å²) in [6.45, 7) is 14.8. The highest BCUT2D eigenvalue weighted by Crippen LogP contribution is 2.39. The van der Waals surface area contributed by atoms with Gasteiger partial charge in [0.05, 0.1) is 24.4 Å². The van der Waals surface area contributed by atoms with Crippen LogP contribution in [0.25, 0.3) is 0 Å². The van der Waals surface area contributed by atoms with Gasteiger partial charge < -0.3 is 43.5 Å². The number of methoxy groups -OCH3 is 3. The van der Waals surface area contributed by atoms with Gasteiger partial charge in [0, 0.05) is 71.7 Å². The summed E-state index contributed by atoms with van der Waals surface area (Å²) in [4.78, 5) is 72.3. The van der Waals surface area contributed by atoms with Gasteiger partial charge in [-0.15, -0.1) is 5.10 Å². The van der Waals surface area contributed by atoms with Crippen molar-refractivity contribution in [3.05, 3.63) is 53.9 Å². The molecule has 4 fully saturated rings. The van der Waals surface area contributed by atoms with E-state index in [-0.39, 0.29) is 60.9 Å². The number of hydrogen-bond acceptors (Lipinski definition) is 16. The van der Waals surface area contributed by atoms with Crippen LogP contribution in [0.15, 0.2) is 53.9 Å². The molecule has 1 amide bonds. The van der Waals surface area contributed by atoms with Crippen molar-refractivity contribution >= 4 is 29.2 Å². The zero-order valence-electron chi connectivity index (χ0n) is 45.8. The second kappa shape index (κ2) is 29.3. The summed E-state index contributed by atoms with van der Waals surface area (Å²) in [5.41, 5.74) is 1.27. The fourth-order valence-electron chi connectivity index (χ4n) is 11.2. The van der Waals surface area contributed by atoms with Gasteiger partial charge in [-0.05, 0) is 130 Å². The zero-order chi connectivity index (χ0) is 54.1. The van der Waals surface area contributed by atoms with Crippen molar-refractivity contribution in [2.45, 2.75) is 193 Å². The molecule has 414 valence electrons. The summed E-state index contributed by atoms with van der Waals surface area (Å²) in [5.74, 6) is -7.92. The molecule has 1 aromatic rings. The minimum Gasteiger partial charge on any atom is -0.460 e. The van der Waals surface area contributed by atoms with Crippen molar-refractivity contribution in [2.75, 3.05) is 41.1 Å². The fraction of sp³-hybridized carbons (Fsp3) is 0.750. The van der Waals surface area contributed by atoms with Crippen LogP contribution < -0.4 is 0 Å². The first-order chi connectivity index (χ1) is 35.3. The Hall–Kier alpha value is -4.30. The lowest BCUT2D eigenvalue weighted by Gasteiger charge is -2.42. The molecule has 4 aliphatic heterocycles. The van der Waals surface area contributed by atoms with Crippen LogP contribution in [-0.4, -0.2) is 154 Å². The number of aliphatic hydroxyl groups excluding tert-OH is 1. The largest absolute Gasteiger partial charge is 0.460 e. The summed E-state index contributed by atoms with van der Waals surface area (Å²) < 4.78 is 36.5. The van der Waals surface area contributed by atoms with E-state index in [4.69, 9.17) is 28.4 Å². The molecule has 1 unspecified atom stereocenters. The Morgan fingerprint density at radius 3 is 2.24 bits per heavy atom. The van der Waals surface area contributed by atoms with Crippen LogP contribution in [0.2, 0.25) is 0 Å². The summed E-state index contributed by atoms with van der Waals surface area (Å²) in [5, 5.41) is 35.2. The Labute approximate surface area is 439 Å². The highest BCUT2D eigenvalue weighted by atomic mass is 16.6. The average Bonchev–Trinajstić information content (AvgIpc) is 4.17. The minimum absolute atomic E-state index is 0.0170. The van der Waals surface area contributed by atoms with Crippen molar-refractivity contribution in [1.29, 1.82) is 0 Å². The third-order valence-electron chi connectivity index (χ3n) is 16.0. The first-order valence-corrected chi connectivity index (χ1v) is 27.1. The number of fused-ring (bicyclic) bond motifs is 3. The maximum atomic E-state index is 14.5. The molecule has 3 saturated heterocycles. The SMILES string of the molecule is C1CCOC1.CO[C@H]1CC2CC[C@@H](C)[C@@](O)(O2)C(=O)C(=O)N2CCCC[C@H]2C(=O)O[C@H]([C@H](C)C[C@@H]2CC[C@H](n3cnnn3)[C@H](OC)C2)CC(=O)[C@H](C)/C=C(\C)[C@@H](O)[C@@H](OC)C(=O)[C@H](C)C[C@H](C)/C=C/C=CC=C1C. The Balaban J connectivity index is 0.00000191. The van der Waals surface area contributed by atoms with Crippen LogP contribution >= 0.6 is 0 Å². The van der Waals surface area contributed by atoms with Gasteiger partial charge in [0.2, 0.25) is 5.79 Å². The number of hydrogen-bond donors (Lipinski definition) is 2. The molecule has 6 rings (SSSR count). The second-order valence-corrected chi connectivity index (χ2v) is 21.7. The molecule has 74 heavy (non-hydrogen) atoms. The quantitative estimate of drug-likeness (QED) is 0.162. The summed E-state index contributed by atoms with van der Waals surface area (Å²) in [7, 11) is 4.62. The van der Waals surface area contributed by atoms with Gasteiger partial charge >= 0.3 is 5.97 Å². The van der Waals surface area contributed by atoms with Crippen molar-refractivity contribution < 1.29 is 62.6 Å². The molecule has 1 aliphatic carbocycles. The van der Waals surface area contributed by atoms with E-state index in [0.29, 0.717) is 56.9 Å². The van der Waals surface area contributed by atoms with Crippen LogP contribution in [0, 0.1) is 35.5 Å². The Morgan fingerprint density at radius 1 is 0.851 bits per heavy atom. The van der Waals surface area contributed by atoms with E-state index in [9.17, 15) is 34.2 Å². The molecule has 0 radical (unpaired) electrons. The van der Waals surface area contributed by atoms with Crippen LogP contribution in [0.4, 0.5) is 0 Å². The standard InChI is InChI=1S/C52H79N5O12.C4H8O/c1-31-16-12-11-13-17-32(2)43(65-8)28-39-21-19-37(7)52(64,69-39)49(61)50(62)56-23-15-14-18-41(56)51(63)68-44(34(4)26-38-20-22-40(45(27-38)66-9)57-30-53-54-55-57)29-42(58)33(3)25-36(6)47(60)48(67-10)46(59)35(5)24-31;1-2-4-5-3-1/h11-13,16-17,25,30-31,33-35,37-41,43-45,47-48,60,64H,14-15,18-24,26-29H2,1-10H3;1-4H2/b13-11?,16-12+,32-17?,36-25+;/t31-,33-,34-,35-,37-,38+,39?,40+,41+,43+,44+,45-,47-,48+,52-;/m1./s1. The number of piperidine rings is 1. The van der Waals surface area contributed by atoms with E-state index in [1.165, 1.54) is 24.9 Å². The van der Waals surface area contributed by atoms with Gasteiger partial charge in [-0.25, -0.2) is 9.48 Å². The minimum atomic E-state index is -2.43. The molecule has 18 heteroatoms. The highest BCUT2D eigenvalue weighted by Gasteiger charge is 2.53. The number of cyclic esters (lactones) is 1. The fourth-order valence-corrected chi connectivity index (χ4v) is 11.2. The molecular weight excluding hydrogens is 951 g/mol. The molecule has 5 aliphatic rings. The van der Waals surface area contributed by atoms with Gasteiger partial charge in [-0.2, -0.15) is 0 Å². The first kappa shape index (κ1) is 60.6. The van der Waals surface area contributed by atoms with E-state index in [0.717, 1.165) is 31.6 Å². The van der Waals surface area contributed by atoms with Crippen LogP contribution in [0.1, 0.15) is 144 Å². The number of allylic oxidation sites excluding steroid dienone is 6. The maximum Gasteiger partial charge on any atom is 0.329 e. The van der Waals surface area contributed by atoms with Crippen LogP contribution in [-0.2, 0) is 52.4 Å². The lowest BCUT2D eigenvalue weighted by atomic mass is 9.77. The van der Waals surface area contributed by atoms with Gasteiger partial charge in [0.15, 0.2) is 5.78 Å². The lowest BCUT2D eigenvalue weighted by Crippen LogP contribution is -2.61. The number of rotatable bonds is 7. The van der Waals surface area contributed by atoms with Crippen molar-refractivity contribution in [3.63, 3.8) is 0 Å². The summed E-state index contributed by atoms with van der Waals surface area (Å²) in [6, 6.07) is -1.19. The predicted molar refractivity (Wildman–Crippen MR) is 276 cm³/mol. The molecule has 18 nitrogen and oxygen atoms in total. The lowest BCUT2D eigenvalue weighted by molar-refractivity contribution is -0.265. The number of Topliss-reactive ketones (excluding diaryl/α,β-unsaturated/α-hetero) is 3. The van der Waals surface area contributed by atoms with Crippen LogP contribution in [0.3, 0.4) is 0 Å². The summed E-state index contributed by atoms with van der Waals surface area (Å²) in [6.07, 6.45) is 16.5. The molecule has 1 saturated carbocycles. The summed E-state index contributed by atoms with van der Waals surface area (Å²) >= 11 is 0. The molecule has 2 bridgehead atoms. The number of amides is 1. The Bertz CT molecular complexity index is 2100. The molecule has 0 aromatic carbocycles. The van der Waals surface area contributed by atoms with Crippen molar-refractivity contribution in [3.8, 4) is 0 Å². The molecule has 1 aromatic heterocycles. The molecule has 5 heterocycles. The highest BCUT2D eigenvalue weighted by molar-refractivity contribution is 6.39. The van der Waals surface area contributed by atoms with E-state index in [1.54, 1.807) is 52.1 Å². The number of tetrazole rings is 1. The first-order valence-electron chi connectivity index (χ1n) is 27.1. The van der Waals surface area contributed by atoms with Crippen LogP contribution in [0.5, 0.6) is 0 Å². The van der Waals surface area contributed by atoms with E-state index >= 15 is 0 Å². The Morgan fingerprint density at radius 2 is 1.59 bits per heavy atom. The molecule has 0 spiro atoms. The van der Waals surface area contributed by atoms with Crippen molar-refractivity contribution in [2.24, 2.45) is 35.5 Å². The number of ketones is 3. The molecule has 15 atom stereocenters. The van der Waals surface area contributed by atoms with E-state index in [1.807, 2.05) is 58.1 Å². The van der Waals surface area contributed by atoms with Gasteiger partial charge in [0.1, 0.15) is 36.5 Å². The Kier molecular flexibility index (Phi) is 24.0. The van der Waals surface area contributed by atoms with Gasteiger partial charge in [-0.3, -0.25) is 19.2 Å². The molecular formula is C56H87N5O13. The smallest absolute Gasteiger partial charge is 0.329 e. The number of carbonyl (C=O) groups excluding carboxylic acids is 5. The van der Waals surface area contributed by atoms with E-state index in [2.05, 4.69) is 15.5 Å². The van der Waals surface area contributed by atoms with Gasteiger partial charge in [0.25, 0.3) is 11.7 Å². The second-order valence-electron chi connectivity index (χ2n) is 21.7. The van der Waals surface area contributed by atoms with Crippen molar-refractivity contribution in [1.82, 2.24) is 25.1 Å². The number of aliphatic hydroxyl groups is 2. The topological polar surface area (TPSA) is 228 Å². The van der Waals surface area contributed by atoms with E-state index < -0.39 is 77.8 Å². The third kappa shape index (κ3) is 16.4. The maximum absolute atomic E-state index is 14.5. The average molecular weight is 1040 g/mol. The number of nitrogens with zero attached hydrogens (tertiary/aromatic N) is 5. The molecule has 2 N–H and O–H groups in total. The monoisotopic (exact) mass is 1040 g/mol. The number of carbonyl (C=O) groups is 5. The number of esters is 1. The third-order valence-corrected chi connectivity index (χ3v) is 16.0. The number of ether oxygens (including phenoxy) is 6. The number of aromatic nitrogens is 4. The normalized spacial score (nSPS) is 36.6.